The molecule has 1 saturated carbocycles. The Kier molecular flexibility index (Phi) is 6.02. The fraction of sp³-hybridized carbons (Fsp3) is 0.737. The predicted molar refractivity (Wildman–Crippen MR) is 96.0 cm³/mol. The predicted octanol–water partition coefficient (Wildman–Crippen LogP) is 1.50. The highest BCUT2D eigenvalue weighted by molar-refractivity contribution is 5.92. The zero-order chi connectivity index (χ0) is 18.7. The zero-order valence-corrected chi connectivity index (χ0v) is 15.9. The van der Waals surface area contributed by atoms with E-state index in [-0.39, 0.29) is 30.3 Å². The van der Waals surface area contributed by atoms with E-state index in [9.17, 15) is 4.79 Å². The number of fused-ring (bicyclic) bond motifs is 1. The molecule has 146 valence electrons. The second-order valence-corrected chi connectivity index (χ2v) is 7.53. The van der Waals surface area contributed by atoms with Gasteiger partial charge >= 0.3 is 0 Å². The first-order valence-corrected chi connectivity index (χ1v) is 9.31. The number of hydrogen-bond donors (Lipinski definition) is 1. The van der Waals surface area contributed by atoms with Gasteiger partial charge in [-0.05, 0) is 51.9 Å². The summed E-state index contributed by atoms with van der Waals surface area (Å²) in [6.45, 7) is 1.67. The van der Waals surface area contributed by atoms with Gasteiger partial charge in [-0.3, -0.25) is 4.79 Å². The standard InChI is InChI=1S/C19H30N2O5/c1-20(2)13-15-4-5-16(26-15)18(23)21-9-8-19(24-3)7-6-14(12-17(19)21)25-11-10-22/h4-5,14,17,22H,6-13H2,1-3H3/t14?,17?,19-/m1/s1. The molecule has 1 aromatic rings. The van der Waals surface area contributed by atoms with Gasteiger partial charge in [0, 0.05) is 13.7 Å². The number of likely N-dealkylation sites (tertiary alicyclic amines) is 1. The molecule has 0 bridgehead atoms. The lowest BCUT2D eigenvalue weighted by Gasteiger charge is -2.43. The van der Waals surface area contributed by atoms with Gasteiger partial charge in [0.2, 0.25) is 0 Å². The topological polar surface area (TPSA) is 75.4 Å². The number of ether oxygens (including phenoxy) is 2. The molecule has 7 heteroatoms. The molecule has 1 saturated heterocycles. The van der Waals surface area contributed by atoms with Gasteiger partial charge in [-0.15, -0.1) is 0 Å². The summed E-state index contributed by atoms with van der Waals surface area (Å²) in [6.07, 6.45) is 3.35. The summed E-state index contributed by atoms with van der Waals surface area (Å²) in [5.74, 6) is 1.08. The molecule has 2 unspecified atom stereocenters. The highest BCUT2D eigenvalue weighted by Crippen LogP contribution is 2.43. The van der Waals surface area contributed by atoms with E-state index in [4.69, 9.17) is 19.0 Å². The van der Waals surface area contributed by atoms with Gasteiger partial charge in [0.05, 0.1) is 37.5 Å². The largest absolute Gasteiger partial charge is 0.455 e. The molecule has 1 aromatic heterocycles. The molecule has 2 heterocycles. The van der Waals surface area contributed by atoms with Crippen molar-refractivity contribution in [2.75, 3.05) is 41.0 Å². The Bertz CT molecular complexity index is 617. The normalized spacial score (nSPS) is 28.6. The van der Waals surface area contributed by atoms with E-state index in [0.717, 1.165) is 31.4 Å². The van der Waals surface area contributed by atoms with Crippen molar-refractivity contribution in [3.63, 3.8) is 0 Å². The Morgan fingerprint density at radius 2 is 2.23 bits per heavy atom. The fourth-order valence-electron chi connectivity index (χ4n) is 4.31. The van der Waals surface area contributed by atoms with Crippen molar-refractivity contribution in [2.45, 2.75) is 50.0 Å². The minimum absolute atomic E-state index is 0.0142. The average molecular weight is 366 g/mol. The fourth-order valence-corrected chi connectivity index (χ4v) is 4.31. The monoisotopic (exact) mass is 366 g/mol. The van der Waals surface area contributed by atoms with Crippen molar-refractivity contribution in [2.24, 2.45) is 0 Å². The number of aliphatic hydroxyl groups is 1. The van der Waals surface area contributed by atoms with Crippen LogP contribution in [0.5, 0.6) is 0 Å². The molecule has 1 amide bonds. The number of rotatable bonds is 7. The summed E-state index contributed by atoms with van der Waals surface area (Å²) in [5, 5.41) is 9.00. The van der Waals surface area contributed by atoms with E-state index in [1.165, 1.54) is 0 Å². The van der Waals surface area contributed by atoms with Crippen LogP contribution in [0.2, 0.25) is 0 Å². The lowest BCUT2D eigenvalue weighted by atomic mass is 9.79. The summed E-state index contributed by atoms with van der Waals surface area (Å²) in [6, 6.07) is 3.59. The number of furan rings is 1. The van der Waals surface area contributed by atoms with E-state index >= 15 is 0 Å². The summed E-state index contributed by atoms with van der Waals surface area (Å²) >= 11 is 0. The van der Waals surface area contributed by atoms with E-state index in [1.54, 1.807) is 13.2 Å². The van der Waals surface area contributed by atoms with Gasteiger partial charge in [0.1, 0.15) is 5.76 Å². The van der Waals surface area contributed by atoms with Gasteiger partial charge < -0.3 is 28.8 Å². The van der Waals surface area contributed by atoms with Crippen molar-refractivity contribution >= 4 is 5.91 Å². The number of nitrogens with zero attached hydrogens (tertiary/aromatic N) is 2. The third-order valence-electron chi connectivity index (χ3n) is 5.59. The number of hydrogen-bond acceptors (Lipinski definition) is 6. The third-order valence-corrected chi connectivity index (χ3v) is 5.59. The molecule has 2 aliphatic rings. The lowest BCUT2D eigenvalue weighted by molar-refractivity contribution is -0.0993. The number of amides is 1. The maximum absolute atomic E-state index is 13.1. The van der Waals surface area contributed by atoms with Gasteiger partial charge in [-0.1, -0.05) is 0 Å². The molecule has 26 heavy (non-hydrogen) atoms. The van der Waals surface area contributed by atoms with Gasteiger partial charge in [0.25, 0.3) is 5.91 Å². The lowest BCUT2D eigenvalue weighted by Crippen LogP contribution is -2.53. The highest BCUT2D eigenvalue weighted by Gasteiger charge is 2.53. The van der Waals surface area contributed by atoms with Crippen molar-refractivity contribution in [3.8, 4) is 0 Å². The summed E-state index contributed by atoms with van der Waals surface area (Å²) in [7, 11) is 5.66. The highest BCUT2D eigenvalue weighted by atomic mass is 16.5. The zero-order valence-electron chi connectivity index (χ0n) is 15.9. The van der Waals surface area contributed by atoms with Gasteiger partial charge in [0.15, 0.2) is 5.76 Å². The molecule has 3 rings (SSSR count). The molecule has 1 aliphatic heterocycles. The molecule has 2 fully saturated rings. The molecule has 0 aromatic carbocycles. The molecular weight excluding hydrogens is 336 g/mol. The van der Waals surface area contributed by atoms with Crippen LogP contribution in [0, 0.1) is 0 Å². The molecule has 1 aliphatic carbocycles. The van der Waals surface area contributed by atoms with E-state index in [1.807, 2.05) is 30.0 Å². The van der Waals surface area contributed by atoms with Crippen LogP contribution in [0.3, 0.4) is 0 Å². The smallest absolute Gasteiger partial charge is 0.289 e. The van der Waals surface area contributed by atoms with Crippen LogP contribution < -0.4 is 0 Å². The van der Waals surface area contributed by atoms with E-state index in [2.05, 4.69) is 0 Å². The van der Waals surface area contributed by atoms with Crippen LogP contribution in [0.25, 0.3) is 0 Å². The quantitative estimate of drug-likeness (QED) is 0.788. The Balaban J connectivity index is 1.74. The van der Waals surface area contributed by atoms with Gasteiger partial charge in [-0.2, -0.15) is 0 Å². The Labute approximate surface area is 154 Å². The summed E-state index contributed by atoms with van der Waals surface area (Å²) in [4.78, 5) is 17.0. The van der Waals surface area contributed by atoms with Crippen LogP contribution in [0.4, 0.5) is 0 Å². The minimum atomic E-state index is -0.298. The first-order valence-electron chi connectivity index (χ1n) is 9.31. The summed E-state index contributed by atoms with van der Waals surface area (Å²) in [5.41, 5.74) is -0.298. The van der Waals surface area contributed by atoms with Crippen molar-refractivity contribution in [3.05, 3.63) is 23.7 Å². The minimum Gasteiger partial charge on any atom is -0.455 e. The van der Waals surface area contributed by atoms with Crippen LogP contribution in [0.15, 0.2) is 16.5 Å². The molecule has 1 N–H and O–H groups in total. The van der Waals surface area contributed by atoms with Crippen molar-refractivity contribution in [1.29, 1.82) is 0 Å². The van der Waals surface area contributed by atoms with Crippen molar-refractivity contribution in [1.82, 2.24) is 9.80 Å². The van der Waals surface area contributed by atoms with Crippen LogP contribution in [-0.4, -0.2) is 79.5 Å². The average Bonchev–Trinajstić information content (AvgIpc) is 3.23. The molecule has 7 nitrogen and oxygen atoms in total. The first kappa shape index (κ1) is 19.4. The second kappa shape index (κ2) is 8.08. The van der Waals surface area contributed by atoms with E-state index < -0.39 is 0 Å². The van der Waals surface area contributed by atoms with Gasteiger partial charge in [-0.25, -0.2) is 0 Å². The number of carbonyl (C=O) groups excluding carboxylic acids is 1. The SMILES string of the molecule is CO[C@@]12CCC(OCCO)CC1N(C(=O)c1ccc(CN(C)C)o1)CC2. The summed E-state index contributed by atoms with van der Waals surface area (Å²) < 4.78 is 17.4. The van der Waals surface area contributed by atoms with Crippen LogP contribution in [-0.2, 0) is 16.0 Å². The molecular formula is C19H30N2O5. The Morgan fingerprint density at radius 3 is 2.92 bits per heavy atom. The maximum atomic E-state index is 13.1. The van der Waals surface area contributed by atoms with Crippen LogP contribution >= 0.6 is 0 Å². The molecule has 0 spiro atoms. The van der Waals surface area contributed by atoms with Crippen LogP contribution in [0.1, 0.15) is 42.0 Å². The van der Waals surface area contributed by atoms with Crippen molar-refractivity contribution < 1.29 is 23.8 Å². The number of methoxy groups -OCH3 is 1. The third kappa shape index (κ3) is 3.81. The Morgan fingerprint density at radius 1 is 1.42 bits per heavy atom. The second-order valence-electron chi connectivity index (χ2n) is 7.53. The first-order chi connectivity index (χ1) is 12.5. The Hall–Kier alpha value is -1.41. The number of carbonyl (C=O) groups is 1. The molecule has 0 radical (unpaired) electrons. The van der Waals surface area contributed by atoms with E-state index in [0.29, 0.717) is 25.5 Å². The molecule has 3 atom stereocenters. The maximum Gasteiger partial charge on any atom is 0.289 e. The number of aliphatic hydroxyl groups excluding tert-OH is 1.